The fourth-order valence-corrected chi connectivity index (χ4v) is 6.90. The molecular formula is C31H38BF2N5O5. The minimum Gasteiger partial charge on any atom is -0.399 e. The predicted octanol–water partition coefficient (Wildman–Crippen LogP) is 3.71. The molecule has 2 aromatic carbocycles. The Balaban J connectivity index is 1.36. The van der Waals surface area contributed by atoms with Gasteiger partial charge in [0.2, 0.25) is 11.8 Å². The van der Waals surface area contributed by atoms with E-state index in [2.05, 4.69) is 10.4 Å². The molecule has 0 unspecified atom stereocenters. The number of hydrogen-bond donors (Lipinski definition) is 2. The van der Waals surface area contributed by atoms with Crippen molar-refractivity contribution in [2.45, 2.75) is 89.8 Å². The van der Waals surface area contributed by atoms with Crippen molar-refractivity contribution in [2.75, 3.05) is 11.9 Å². The molecule has 2 aliphatic heterocycles. The maximum absolute atomic E-state index is 15.9. The Morgan fingerprint density at radius 3 is 2.27 bits per heavy atom. The Hall–Kier alpha value is -3.84. The van der Waals surface area contributed by atoms with E-state index in [0.717, 1.165) is 4.90 Å². The number of halogens is 2. The highest BCUT2D eigenvalue weighted by Gasteiger charge is 2.59. The van der Waals surface area contributed by atoms with Crippen molar-refractivity contribution >= 4 is 46.9 Å². The van der Waals surface area contributed by atoms with E-state index in [1.807, 2.05) is 27.7 Å². The van der Waals surface area contributed by atoms with E-state index in [9.17, 15) is 18.8 Å². The van der Waals surface area contributed by atoms with Gasteiger partial charge in [0.25, 0.3) is 5.91 Å². The Morgan fingerprint density at radius 2 is 1.66 bits per heavy atom. The van der Waals surface area contributed by atoms with Crippen LogP contribution in [-0.4, -0.2) is 69.5 Å². The molecule has 0 aliphatic carbocycles. The van der Waals surface area contributed by atoms with Crippen LogP contribution in [0.1, 0.15) is 70.3 Å². The van der Waals surface area contributed by atoms with Gasteiger partial charge in [-0.3, -0.25) is 19.1 Å². The van der Waals surface area contributed by atoms with Crippen molar-refractivity contribution in [1.82, 2.24) is 14.7 Å². The average molecular weight is 609 g/mol. The van der Waals surface area contributed by atoms with Crippen LogP contribution in [-0.2, 0) is 25.4 Å². The van der Waals surface area contributed by atoms with Gasteiger partial charge in [-0.25, -0.2) is 8.78 Å². The third-order valence-corrected chi connectivity index (χ3v) is 9.37. The Morgan fingerprint density at radius 1 is 1.02 bits per heavy atom. The van der Waals surface area contributed by atoms with Gasteiger partial charge >= 0.3 is 7.12 Å². The molecule has 3 heterocycles. The standard InChI is InChI=1S/C31H38BF2N5O5/c1-5-30(6-2)31(7-3,8-4)44-32(43-30)21-13-11-14-22(26(21)34)36-29(42)24-16-19(33)17-38(24)25(40)18-39-23-15-10-9-12-20(23)27(37-39)28(35)41/h9-15,19,24H,5-8,16-18H2,1-4H3,(H2,35,41)(H,36,42)/t19-,24+/m1/s1. The summed E-state index contributed by atoms with van der Waals surface area (Å²) in [6.45, 7) is 7.46. The van der Waals surface area contributed by atoms with E-state index in [0.29, 0.717) is 36.6 Å². The summed E-state index contributed by atoms with van der Waals surface area (Å²) in [5.74, 6) is -2.77. The average Bonchev–Trinajstić information content (AvgIpc) is 3.70. The monoisotopic (exact) mass is 609 g/mol. The summed E-state index contributed by atoms with van der Waals surface area (Å²) >= 11 is 0. The number of fused-ring (bicyclic) bond motifs is 1. The van der Waals surface area contributed by atoms with Crippen molar-refractivity contribution in [3.05, 3.63) is 54.0 Å². The Kier molecular flexibility index (Phi) is 8.81. The number of anilines is 1. The summed E-state index contributed by atoms with van der Waals surface area (Å²) in [6, 6.07) is 10.1. The van der Waals surface area contributed by atoms with Crippen LogP contribution in [0.15, 0.2) is 42.5 Å². The molecule has 0 saturated carbocycles. The summed E-state index contributed by atoms with van der Waals surface area (Å²) < 4.78 is 44.8. The van der Waals surface area contributed by atoms with Crippen LogP contribution in [0.2, 0.25) is 0 Å². The van der Waals surface area contributed by atoms with Crippen LogP contribution in [0.25, 0.3) is 10.9 Å². The van der Waals surface area contributed by atoms with E-state index in [1.54, 1.807) is 36.4 Å². The second kappa shape index (κ2) is 12.3. The summed E-state index contributed by atoms with van der Waals surface area (Å²) in [7, 11) is -0.972. The molecule has 0 spiro atoms. The number of hydrogen-bond acceptors (Lipinski definition) is 6. The van der Waals surface area contributed by atoms with Gasteiger partial charge in [0.1, 0.15) is 24.6 Å². The molecule has 0 radical (unpaired) electrons. The third kappa shape index (κ3) is 5.25. The fraction of sp³-hybridized carbons (Fsp3) is 0.484. The minimum absolute atomic E-state index is 0.00305. The summed E-state index contributed by atoms with van der Waals surface area (Å²) in [6.07, 6.45) is 1.06. The quantitative estimate of drug-likeness (QED) is 0.338. The van der Waals surface area contributed by atoms with Crippen molar-refractivity contribution in [3.8, 4) is 0 Å². The molecule has 3 N–H and O–H groups in total. The highest BCUT2D eigenvalue weighted by Crippen LogP contribution is 2.47. The van der Waals surface area contributed by atoms with Crippen LogP contribution in [0.4, 0.5) is 14.5 Å². The first-order valence-electron chi connectivity index (χ1n) is 15.2. The number of likely N-dealkylation sites (tertiary alicyclic amines) is 1. The molecule has 13 heteroatoms. The van der Waals surface area contributed by atoms with Gasteiger partial charge in [-0.1, -0.05) is 58.0 Å². The molecule has 5 rings (SSSR count). The first-order chi connectivity index (χ1) is 21.0. The van der Waals surface area contributed by atoms with Crippen LogP contribution < -0.4 is 16.5 Å². The van der Waals surface area contributed by atoms with Crippen molar-refractivity contribution in [2.24, 2.45) is 5.73 Å². The lowest BCUT2D eigenvalue weighted by molar-refractivity contribution is -0.137. The second-order valence-corrected chi connectivity index (χ2v) is 11.5. The minimum atomic E-state index is -1.45. The van der Waals surface area contributed by atoms with Gasteiger partial charge < -0.3 is 25.3 Å². The van der Waals surface area contributed by atoms with E-state index in [-0.39, 0.29) is 36.4 Å². The topological polar surface area (TPSA) is 129 Å². The largest absolute Gasteiger partial charge is 0.497 e. The number of benzene rings is 2. The lowest BCUT2D eigenvalue weighted by Crippen LogP contribution is -2.50. The van der Waals surface area contributed by atoms with Gasteiger partial charge in [0.15, 0.2) is 5.69 Å². The number of rotatable bonds is 10. The smallest absolute Gasteiger partial charge is 0.399 e. The molecule has 2 atom stereocenters. The number of primary amides is 1. The molecule has 2 saturated heterocycles. The molecule has 10 nitrogen and oxygen atoms in total. The van der Waals surface area contributed by atoms with Crippen LogP contribution in [0, 0.1) is 5.82 Å². The van der Waals surface area contributed by atoms with Gasteiger partial charge in [-0.2, -0.15) is 5.10 Å². The van der Waals surface area contributed by atoms with Gasteiger partial charge in [0.05, 0.1) is 29.0 Å². The molecule has 2 aliphatic rings. The maximum Gasteiger partial charge on any atom is 0.497 e. The predicted molar refractivity (Wildman–Crippen MR) is 162 cm³/mol. The molecular weight excluding hydrogens is 571 g/mol. The maximum atomic E-state index is 15.9. The first kappa shape index (κ1) is 31.6. The van der Waals surface area contributed by atoms with Crippen molar-refractivity contribution in [1.29, 1.82) is 0 Å². The lowest BCUT2D eigenvalue weighted by Gasteiger charge is -2.42. The number of nitrogens with two attached hydrogens (primary N) is 1. The molecule has 3 amide bonds. The number of carbonyl (C=O) groups is 3. The first-order valence-corrected chi connectivity index (χ1v) is 15.2. The molecule has 0 bridgehead atoms. The lowest BCUT2D eigenvalue weighted by atomic mass is 9.75. The Labute approximate surface area is 255 Å². The van der Waals surface area contributed by atoms with Gasteiger partial charge in [-0.15, -0.1) is 0 Å². The zero-order valence-corrected chi connectivity index (χ0v) is 25.4. The zero-order chi connectivity index (χ0) is 31.8. The Bertz CT molecular complexity index is 1550. The number of amides is 3. The summed E-state index contributed by atoms with van der Waals surface area (Å²) in [5.41, 5.74) is 4.80. The summed E-state index contributed by atoms with van der Waals surface area (Å²) in [5, 5.41) is 7.22. The highest BCUT2D eigenvalue weighted by atomic mass is 19.1. The normalized spacial score (nSPS) is 20.8. The number of carbonyl (C=O) groups excluding carboxylic acids is 3. The second-order valence-electron chi connectivity index (χ2n) is 11.5. The van der Waals surface area contributed by atoms with Crippen LogP contribution in [0.5, 0.6) is 0 Å². The summed E-state index contributed by atoms with van der Waals surface area (Å²) in [4.78, 5) is 39.8. The molecule has 1 aromatic heterocycles. The zero-order valence-electron chi connectivity index (χ0n) is 25.4. The number of nitrogens with one attached hydrogen (secondary N) is 1. The van der Waals surface area contributed by atoms with Crippen molar-refractivity contribution < 1.29 is 32.5 Å². The fourth-order valence-electron chi connectivity index (χ4n) is 6.90. The van der Waals surface area contributed by atoms with Gasteiger partial charge in [0, 0.05) is 17.3 Å². The van der Waals surface area contributed by atoms with E-state index in [1.165, 1.54) is 10.7 Å². The van der Waals surface area contributed by atoms with Crippen molar-refractivity contribution in [3.63, 3.8) is 0 Å². The number of aromatic nitrogens is 2. The molecule has 2 fully saturated rings. The highest BCUT2D eigenvalue weighted by molar-refractivity contribution is 6.62. The number of alkyl halides is 1. The van der Waals surface area contributed by atoms with E-state index < -0.39 is 54.1 Å². The van der Waals surface area contributed by atoms with E-state index >= 15 is 4.39 Å². The molecule has 3 aromatic rings. The third-order valence-electron chi connectivity index (χ3n) is 9.37. The number of para-hydroxylation sites is 1. The molecule has 234 valence electrons. The van der Waals surface area contributed by atoms with Gasteiger partial charge in [-0.05, 0) is 37.8 Å². The van der Waals surface area contributed by atoms with E-state index in [4.69, 9.17) is 15.0 Å². The van der Waals surface area contributed by atoms with Crippen LogP contribution in [0.3, 0.4) is 0 Å². The van der Waals surface area contributed by atoms with Crippen LogP contribution >= 0.6 is 0 Å². The number of nitrogens with zero attached hydrogens (tertiary/aromatic N) is 3. The SMILES string of the molecule is CCC1(CC)OB(c2cccc(NC(=O)[C@@H]3C[C@@H](F)CN3C(=O)Cn3nc(C(N)=O)c4ccccc43)c2F)OC1(CC)CC. The molecule has 44 heavy (non-hydrogen) atoms.